The minimum atomic E-state index is 0.693. The summed E-state index contributed by atoms with van der Waals surface area (Å²) in [7, 11) is 0. The van der Waals surface area contributed by atoms with E-state index in [0.29, 0.717) is 5.92 Å². The Morgan fingerprint density at radius 2 is 2.00 bits per heavy atom. The lowest BCUT2D eigenvalue weighted by molar-refractivity contribution is 0.396. The number of benzene rings is 1. The van der Waals surface area contributed by atoms with Crippen molar-refractivity contribution in [2.75, 3.05) is 13.1 Å². The number of hydrogen-bond donors (Lipinski definition) is 1. The largest absolute Gasteiger partial charge is 0.313 e. The molecule has 0 atom stereocenters. The molecule has 1 aromatic carbocycles. The van der Waals surface area contributed by atoms with E-state index in [1.165, 1.54) is 37.7 Å². The van der Waals surface area contributed by atoms with Gasteiger partial charge in [-0.2, -0.15) is 0 Å². The zero-order valence-electron chi connectivity index (χ0n) is 12.8. The van der Waals surface area contributed by atoms with Crippen LogP contribution in [0.3, 0.4) is 0 Å². The van der Waals surface area contributed by atoms with E-state index in [9.17, 15) is 0 Å². The molecule has 0 bridgehead atoms. The van der Waals surface area contributed by atoms with Gasteiger partial charge < -0.3 is 5.32 Å². The van der Waals surface area contributed by atoms with E-state index in [1.54, 1.807) is 0 Å². The van der Waals surface area contributed by atoms with Crippen LogP contribution in [0.25, 0.3) is 6.08 Å². The van der Waals surface area contributed by atoms with Crippen LogP contribution in [0.15, 0.2) is 23.8 Å². The smallest absolute Gasteiger partial charge is 0.0479 e. The summed E-state index contributed by atoms with van der Waals surface area (Å²) in [6.07, 6.45) is 10.1. The lowest BCUT2D eigenvalue weighted by Crippen LogP contribution is -2.23. The molecule has 1 aliphatic carbocycles. The first-order valence-electron chi connectivity index (χ1n) is 8.07. The van der Waals surface area contributed by atoms with Crippen LogP contribution in [0.2, 0.25) is 10.0 Å². The minimum absolute atomic E-state index is 0.693. The molecule has 21 heavy (non-hydrogen) atoms. The maximum atomic E-state index is 6.32. The van der Waals surface area contributed by atoms with Gasteiger partial charge in [-0.05, 0) is 55.5 Å². The Morgan fingerprint density at radius 3 is 2.71 bits per heavy atom. The maximum absolute atomic E-state index is 6.32. The number of nitrogens with one attached hydrogen (secondary N) is 1. The average molecular weight is 326 g/mol. The van der Waals surface area contributed by atoms with Gasteiger partial charge >= 0.3 is 0 Å². The molecular weight excluding hydrogens is 301 g/mol. The minimum Gasteiger partial charge on any atom is -0.313 e. The lowest BCUT2D eigenvalue weighted by atomic mass is 9.83. The van der Waals surface area contributed by atoms with Crippen LogP contribution in [0.5, 0.6) is 0 Å². The molecule has 1 aromatic rings. The quantitative estimate of drug-likeness (QED) is 0.636. The fourth-order valence-electron chi connectivity index (χ4n) is 3.02. The van der Waals surface area contributed by atoms with Gasteiger partial charge in [-0.1, -0.05) is 61.0 Å². The van der Waals surface area contributed by atoms with Gasteiger partial charge in [-0.3, -0.25) is 0 Å². The van der Waals surface area contributed by atoms with Crippen molar-refractivity contribution in [1.29, 1.82) is 0 Å². The molecule has 0 heterocycles. The summed E-state index contributed by atoms with van der Waals surface area (Å²) in [6.45, 7) is 4.22. The first-order chi connectivity index (χ1) is 10.2. The molecule has 1 nitrogen and oxygen atoms in total. The Bertz CT molecular complexity index is 476. The summed E-state index contributed by atoms with van der Waals surface area (Å²) in [4.78, 5) is 0. The highest BCUT2D eigenvalue weighted by molar-refractivity contribution is 6.34. The number of hydrogen-bond acceptors (Lipinski definition) is 1. The summed E-state index contributed by atoms with van der Waals surface area (Å²) in [5, 5.41) is 5.07. The summed E-state index contributed by atoms with van der Waals surface area (Å²) in [5.41, 5.74) is 2.52. The second-order valence-electron chi connectivity index (χ2n) is 5.90. The van der Waals surface area contributed by atoms with Crippen molar-refractivity contribution in [2.24, 2.45) is 5.92 Å². The molecule has 116 valence electrons. The van der Waals surface area contributed by atoms with Crippen molar-refractivity contribution >= 4 is 29.3 Å². The molecule has 1 fully saturated rings. The third-order valence-corrected chi connectivity index (χ3v) is 4.76. The molecule has 0 unspecified atom stereocenters. The van der Waals surface area contributed by atoms with Gasteiger partial charge in [0.2, 0.25) is 0 Å². The van der Waals surface area contributed by atoms with E-state index >= 15 is 0 Å². The van der Waals surface area contributed by atoms with Crippen LogP contribution in [0, 0.1) is 5.92 Å². The average Bonchev–Trinajstić information content (AvgIpc) is 2.51. The standard InChI is InChI=1S/C18H25Cl2N/c1-2-10-21-13-16(14-6-4-3-5-7-14)11-15-12-17(19)8-9-18(15)20/h8-9,11-12,14,21H,2-7,10,13H2,1H3/b16-11-. The summed E-state index contributed by atoms with van der Waals surface area (Å²) in [5.74, 6) is 0.693. The van der Waals surface area contributed by atoms with Gasteiger partial charge in [0.25, 0.3) is 0 Å². The molecule has 0 saturated heterocycles. The van der Waals surface area contributed by atoms with Crippen LogP contribution in [0.4, 0.5) is 0 Å². The summed E-state index contributed by atoms with van der Waals surface area (Å²) in [6, 6.07) is 5.69. The van der Waals surface area contributed by atoms with Gasteiger partial charge in [-0.25, -0.2) is 0 Å². The zero-order chi connectivity index (χ0) is 15.1. The predicted molar refractivity (Wildman–Crippen MR) is 94.2 cm³/mol. The highest BCUT2D eigenvalue weighted by Gasteiger charge is 2.18. The van der Waals surface area contributed by atoms with Crippen LogP contribution in [-0.2, 0) is 0 Å². The van der Waals surface area contributed by atoms with E-state index in [1.807, 2.05) is 18.2 Å². The van der Waals surface area contributed by atoms with Crippen molar-refractivity contribution in [2.45, 2.75) is 45.4 Å². The summed E-state index contributed by atoms with van der Waals surface area (Å²) >= 11 is 12.4. The van der Waals surface area contributed by atoms with Crippen LogP contribution < -0.4 is 5.32 Å². The predicted octanol–water partition coefficient (Wildman–Crippen LogP) is 5.96. The van der Waals surface area contributed by atoms with Gasteiger partial charge in [0.1, 0.15) is 0 Å². The Hall–Kier alpha value is -0.500. The van der Waals surface area contributed by atoms with Gasteiger partial charge in [0.05, 0.1) is 0 Å². The number of rotatable bonds is 6. The normalized spacial score (nSPS) is 17.2. The highest BCUT2D eigenvalue weighted by Crippen LogP contribution is 2.32. The molecule has 1 saturated carbocycles. The molecule has 0 amide bonds. The van der Waals surface area contributed by atoms with Crippen molar-refractivity contribution in [1.82, 2.24) is 5.32 Å². The van der Waals surface area contributed by atoms with E-state index in [4.69, 9.17) is 23.2 Å². The molecule has 1 N–H and O–H groups in total. The second-order valence-corrected chi connectivity index (χ2v) is 6.74. The Morgan fingerprint density at radius 1 is 1.24 bits per heavy atom. The van der Waals surface area contributed by atoms with Crippen molar-refractivity contribution < 1.29 is 0 Å². The van der Waals surface area contributed by atoms with Crippen LogP contribution in [-0.4, -0.2) is 13.1 Å². The third kappa shape index (κ3) is 5.32. The molecule has 0 aliphatic heterocycles. The molecule has 0 radical (unpaired) electrons. The van der Waals surface area contributed by atoms with E-state index in [2.05, 4.69) is 18.3 Å². The Labute approximate surface area is 138 Å². The fraction of sp³-hybridized carbons (Fsp3) is 0.556. The van der Waals surface area contributed by atoms with Crippen molar-refractivity contribution in [3.05, 3.63) is 39.4 Å². The first kappa shape index (κ1) is 16.9. The highest BCUT2D eigenvalue weighted by atomic mass is 35.5. The van der Waals surface area contributed by atoms with Crippen molar-refractivity contribution in [3.8, 4) is 0 Å². The monoisotopic (exact) mass is 325 g/mol. The second kappa shape index (κ2) is 8.82. The van der Waals surface area contributed by atoms with E-state index < -0.39 is 0 Å². The Balaban J connectivity index is 2.19. The molecule has 3 heteroatoms. The summed E-state index contributed by atoms with van der Waals surface area (Å²) < 4.78 is 0. The maximum Gasteiger partial charge on any atom is 0.0479 e. The fourth-order valence-corrected chi connectivity index (χ4v) is 3.37. The molecule has 1 aliphatic rings. The van der Waals surface area contributed by atoms with Gasteiger partial charge in [0, 0.05) is 16.6 Å². The molecular formula is C18H25Cl2N. The van der Waals surface area contributed by atoms with Gasteiger partial charge in [0.15, 0.2) is 0 Å². The first-order valence-corrected chi connectivity index (χ1v) is 8.82. The Kier molecular flexibility index (Phi) is 7.09. The van der Waals surface area contributed by atoms with Crippen LogP contribution in [0.1, 0.15) is 51.0 Å². The molecule has 0 spiro atoms. The topological polar surface area (TPSA) is 12.0 Å². The van der Waals surface area contributed by atoms with E-state index in [0.717, 1.165) is 35.1 Å². The third-order valence-electron chi connectivity index (χ3n) is 4.18. The molecule has 2 rings (SSSR count). The van der Waals surface area contributed by atoms with Crippen LogP contribution >= 0.6 is 23.2 Å². The van der Waals surface area contributed by atoms with Gasteiger partial charge in [-0.15, -0.1) is 0 Å². The number of halogens is 2. The molecule has 0 aromatic heterocycles. The lowest BCUT2D eigenvalue weighted by Gasteiger charge is -2.25. The SMILES string of the molecule is CCCNC/C(=C/c1cc(Cl)ccc1Cl)C1CCCCC1. The zero-order valence-corrected chi connectivity index (χ0v) is 14.3. The van der Waals surface area contributed by atoms with E-state index in [-0.39, 0.29) is 0 Å². The van der Waals surface area contributed by atoms with Crippen molar-refractivity contribution in [3.63, 3.8) is 0 Å².